The molecular formula is C9H15N5. The molecule has 0 aliphatic carbocycles. The van der Waals surface area contributed by atoms with Gasteiger partial charge in [0.1, 0.15) is 11.6 Å². The van der Waals surface area contributed by atoms with Gasteiger partial charge in [-0.3, -0.25) is 0 Å². The van der Waals surface area contributed by atoms with E-state index in [4.69, 9.17) is 11.5 Å². The lowest BCUT2D eigenvalue weighted by molar-refractivity contribution is 0.430. The normalized spacial score (nSPS) is 22.1. The van der Waals surface area contributed by atoms with Crippen LogP contribution in [0.2, 0.25) is 0 Å². The van der Waals surface area contributed by atoms with E-state index in [0.717, 1.165) is 25.2 Å². The summed E-state index contributed by atoms with van der Waals surface area (Å²) in [5.74, 6) is 0.958. The number of hydrogen-bond acceptors (Lipinski definition) is 5. The third-order valence-electron chi connectivity index (χ3n) is 2.33. The molecule has 0 aromatic carbocycles. The lowest BCUT2D eigenvalue weighted by Gasteiger charge is -2.25. The predicted molar refractivity (Wildman–Crippen MR) is 56.7 cm³/mol. The van der Waals surface area contributed by atoms with Crippen molar-refractivity contribution >= 4 is 11.6 Å². The summed E-state index contributed by atoms with van der Waals surface area (Å²) >= 11 is 0. The molecule has 2 rings (SSSR count). The maximum Gasteiger partial charge on any atom is 0.126 e. The van der Waals surface area contributed by atoms with Crippen molar-refractivity contribution in [2.75, 3.05) is 31.1 Å². The Hall–Kier alpha value is -1.33. The fourth-order valence-corrected chi connectivity index (χ4v) is 1.69. The molecule has 76 valence electrons. The summed E-state index contributed by atoms with van der Waals surface area (Å²) in [7, 11) is 0. The van der Waals surface area contributed by atoms with Gasteiger partial charge < -0.3 is 22.1 Å². The lowest BCUT2D eigenvalue weighted by atomic mass is 10.1. The van der Waals surface area contributed by atoms with Crippen LogP contribution in [0.25, 0.3) is 0 Å². The van der Waals surface area contributed by atoms with Crippen LogP contribution in [0.4, 0.5) is 11.6 Å². The zero-order valence-corrected chi connectivity index (χ0v) is 7.96. The van der Waals surface area contributed by atoms with Crippen molar-refractivity contribution in [3.05, 3.63) is 17.7 Å². The van der Waals surface area contributed by atoms with Crippen molar-refractivity contribution in [3.63, 3.8) is 0 Å². The number of hydrogen-bond donors (Lipinski definition) is 4. The highest BCUT2D eigenvalue weighted by Crippen LogP contribution is 2.17. The molecule has 1 aromatic heterocycles. The lowest BCUT2D eigenvalue weighted by Crippen LogP contribution is -2.42. The van der Waals surface area contributed by atoms with E-state index in [1.54, 1.807) is 0 Å². The van der Waals surface area contributed by atoms with Crippen LogP contribution in [0.15, 0.2) is 12.1 Å². The van der Waals surface area contributed by atoms with Gasteiger partial charge in [-0.25, -0.2) is 4.98 Å². The molecular weight excluding hydrogens is 178 g/mol. The summed E-state index contributed by atoms with van der Waals surface area (Å²) in [4.78, 5) is 3.94. The van der Waals surface area contributed by atoms with E-state index in [1.807, 2.05) is 12.1 Å². The third-order valence-corrected chi connectivity index (χ3v) is 2.33. The largest absolute Gasteiger partial charge is 0.384 e. The number of nitrogens with one attached hydrogen (secondary N) is 2. The number of piperazine rings is 1. The monoisotopic (exact) mass is 193 g/mol. The van der Waals surface area contributed by atoms with E-state index in [-0.39, 0.29) is 6.04 Å². The fraction of sp³-hybridized carbons (Fsp3) is 0.444. The summed E-state index contributed by atoms with van der Waals surface area (Å²) in [6.07, 6.45) is 0. The van der Waals surface area contributed by atoms with E-state index in [0.29, 0.717) is 11.6 Å². The molecule has 0 spiro atoms. The SMILES string of the molecule is Nc1cc([C@@H]2CNCCN2)cc(N)n1. The van der Waals surface area contributed by atoms with E-state index in [2.05, 4.69) is 15.6 Å². The zero-order valence-electron chi connectivity index (χ0n) is 7.96. The van der Waals surface area contributed by atoms with E-state index in [1.165, 1.54) is 0 Å². The number of nitrogens with zero attached hydrogens (tertiary/aromatic N) is 1. The van der Waals surface area contributed by atoms with Crippen LogP contribution in [-0.2, 0) is 0 Å². The summed E-state index contributed by atoms with van der Waals surface area (Å²) in [5, 5.41) is 6.70. The van der Waals surface area contributed by atoms with Gasteiger partial charge in [-0.2, -0.15) is 0 Å². The topological polar surface area (TPSA) is 89.0 Å². The Labute approximate surface area is 82.9 Å². The van der Waals surface area contributed by atoms with Gasteiger partial charge in [0, 0.05) is 25.7 Å². The number of rotatable bonds is 1. The molecule has 2 heterocycles. The molecule has 6 N–H and O–H groups in total. The Morgan fingerprint density at radius 2 is 1.93 bits per heavy atom. The van der Waals surface area contributed by atoms with Crippen molar-refractivity contribution in [2.24, 2.45) is 0 Å². The van der Waals surface area contributed by atoms with Crippen molar-refractivity contribution < 1.29 is 0 Å². The minimum atomic E-state index is 0.288. The maximum atomic E-state index is 5.63. The van der Waals surface area contributed by atoms with Gasteiger partial charge in [-0.1, -0.05) is 0 Å². The highest BCUT2D eigenvalue weighted by atomic mass is 15.1. The number of nitrogens with two attached hydrogens (primary N) is 2. The molecule has 0 amide bonds. The highest BCUT2D eigenvalue weighted by Gasteiger charge is 2.14. The van der Waals surface area contributed by atoms with E-state index in [9.17, 15) is 0 Å². The van der Waals surface area contributed by atoms with E-state index >= 15 is 0 Å². The summed E-state index contributed by atoms with van der Waals surface area (Å²) in [5.41, 5.74) is 12.4. The molecule has 1 fully saturated rings. The second kappa shape index (κ2) is 3.81. The average molecular weight is 193 g/mol. The summed E-state index contributed by atoms with van der Waals surface area (Å²) < 4.78 is 0. The van der Waals surface area contributed by atoms with Crippen molar-refractivity contribution in [1.29, 1.82) is 0 Å². The summed E-state index contributed by atoms with van der Waals surface area (Å²) in [6, 6.07) is 4.01. The van der Waals surface area contributed by atoms with Crippen LogP contribution in [-0.4, -0.2) is 24.6 Å². The Morgan fingerprint density at radius 3 is 2.50 bits per heavy atom. The van der Waals surface area contributed by atoms with Crippen LogP contribution in [0.5, 0.6) is 0 Å². The van der Waals surface area contributed by atoms with E-state index < -0.39 is 0 Å². The Kier molecular flexibility index (Phi) is 2.51. The maximum absolute atomic E-state index is 5.63. The number of aromatic nitrogens is 1. The number of anilines is 2. The molecule has 1 aromatic rings. The van der Waals surface area contributed by atoms with Gasteiger partial charge >= 0.3 is 0 Å². The Bertz CT molecular complexity index is 299. The van der Waals surface area contributed by atoms with Gasteiger partial charge in [0.2, 0.25) is 0 Å². The van der Waals surface area contributed by atoms with Gasteiger partial charge in [0.15, 0.2) is 0 Å². The number of nitrogen functional groups attached to an aromatic ring is 2. The molecule has 1 aliphatic heterocycles. The van der Waals surface area contributed by atoms with Crippen LogP contribution < -0.4 is 22.1 Å². The fourth-order valence-electron chi connectivity index (χ4n) is 1.69. The van der Waals surface area contributed by atoms with Gasteiger partial charge in [-0.15, -0.1) is 0 Å². The smallest absolute Gasteiger partial charge is 0.126 e. The zero-order chi connectivity index (χ0) is 9.97. The minimum Gasteiger partial charge on any atom is -0.384 e. The van der Waals surface area contributed by atoms with Crippen molar-refractivity contribution in [3.8, 4) is 0 Å². The molecule has 1 aliphatic rings. The van der Waals surface area contributed by atoms with Crippen LogP contribution in [0.3, 0.4) is 0 Å². The first-order chi connectivity index (χ1) is 6.75. The highest BCUT2D eigenvalue weighted by molar-refractivity contribution is 5.44. The van der Waals surface area contributed by atoms with Gasteiger partial charge in [-0.05, 0) is 17.7 Å². The van der Waals surface area contributed by atoms with Gasteiger partial charge in [0.05, 0.1) is 0 Å². The molecule has 0 radical (unpaired) electrons. The quantitative estimate of drug-likeness (QED) is 0.482. The Balaban J connectivity index is 2.21. The first kappa shape index (κ1) is 9.23. The minimum absolute atomic E-state index is 0.288. The van der Waals surface area contributed by atoms with Crippen LogP contribution in [0, 0.1) is 0 Å². The Morgan fingerprint density at radius 1 is 1.21 bits per heavy atom. The van der Waals surface area contributed by atoms with Crippen LogP contribution >= 0.6 is 0 Å². The molecule has 14 heavy (non-hydrogen) atoms. The second-order valence-corrected chi connectivity index (χ2v) is 3.46. The third kappa shape index (κ3) is 1.94. The van der Waals surface area contributed by atoms with Crippen LogP contribution in [0.1, 0.15) is 11.6 Å². The standard InChI is InChI=1S/C9H15N5/c10-8-3-6(4-9(11)14-8)7-5-12-1-2-13-7/h3-4,7,12-13H,1-2,5H2,(H4,10,11,14)/t7-/m0/s1. The number of pyridine rings is 1. The first-order valence-corrected chi connectivity index (χ1v) is 4.73. The van der Waals surface area contributed by atoms with Gasteiger partial charge in [0.25, 0.3) is 0 Å². The van der Waals surface area contributed by atoms with Crippen molar-refractivity contribution in [2.45, 2.75) is 6.04 Å². The first-order valence-electron chi connectivity index (χ1n) is 4.73. The molecule has 0 bridgehead atoms. The second-order valence-electron chi connectivity index (χ2n) is 3.46. The average Bonchev–Trinajstić information content (AvgIpc) is 2.18. The molecule has 5 nitrogen and oxygen atoms in total. The van der Waals surface area contributed by atoms with Crippen molar-refractivity contribution in [1.82, 2.24) is 15.6 Å². The summed E-state index contributed by atoms with van der Waals surface area (Å²) in [6.45, 7) is 2.88. The predicted octanol–water partition coefficient (Wildman–Crippen LogP) is -0.520. The molecule has 1 saturated heterocycles. The molecule has 5 heteroatoms. The molecule has 1 atom stereocenters. The molecule has 0 saturated carbocycles. The molecule has 0 unspecified atom stereocenters.